The predicted molar refractivity (Wildman–Crippen MR) is 84.0 cm³/mol. The van der Waals surface area contributed by atoms with Crippen molar-refractivity contribution in [2.75, 3.05) is 26.7 Å². The van der Waals surface area contributed by atoms with E-state index in [0.29, 0.717) is 6.04 Å². The quantitative estimate of drug-likeness (QED) is 0.886. The second-order valence-corrected chi connectivity index (χ2v) is 6.26. The van der Waals surface area contributed by atoms with E-state index in [9.17, 15) is 4.79 Å². The molecule has 2 atom stereocenters. The van der Waals surface area contributed by atoms with Gasteiger partial charge in [-0.2, -0.15) is 0 Å². The Kier molecular flexibility index (Phi) is 4.56. The summed E-state index contributed by atoms with van der Waals surface area (Å²) in [5.74, 6) is 0.436. The molecular weight excluding hydrogens is 262 g/mol. The average molecular weight is 287 g/mol. The molecular formula is C17H25N3O. The van der Waals surface area contributed by atoms with Gasteiger partial charge in [-0.15, -0.1) is 0 Å². The third-order valence-corrected chi connectivity index (χ3v) is 4.83. The molecule has 2 unspecified atom stereocenters. The number of amides is 1. The van der Waals surface area contributed by atoms with Gasteiger partial charge in [0.1, 0.15) is 0 Å². The fourth-order valence-corrected chi connectivity index (χ4v) is 3.62. The van der Waals surface area contributed by atoms with Crippen LogP contribution in [0.1, 0.15) is 30.9 Å². The lowest BCUT2D eigenvalue weighted by atomic mass is 9.95. The zero-order valence-corrected chi connectivity index (χ0v) is 12.7. The first-order valence-corrected chi connectivity index (χ1v) is 8.02. The zero-order valence-electron chi connectivity index (χ0n) is 12.7. The van der Waals surface area contributed by atoms with Crippen LogP contribution in [0.25, 0.3) is 0 Å². The molecule has 2 fully saturated rings. The summed E-state index contributed by atoms with van der Waals surface area (Å²) in [6.45, 7) is 2.96. The van der Waals surface area contributed by atoms with Gasteiger partial charge in [0, 0.05) is 18.5 Å². The summed E-state index contributed by atoms with van der Waals surface area (Å²) in [5, 5.41) is 6.64. The molecule has 2 heterocycles. The number of likely N-dealkylation sites (tertiary alicyclic amines) is 1. The van der Waals surface area contributed by atoms with Crippen LogP contribution < -0.4 is 10.6 Å². The Morgan fingerprint density at radius 2 is 1.90 bits per heavy atom. The number of hydrogen-bond acceptors (Lipinski definition) is 3. The molecule has 4 nitrogen and oxygen atoms in total. The minimum Gasteiger partial charge on any atom is -0.351 e. The minimum atomic E-state index is 0.188. The van der Waals surface area contributed by atoms with Gasteiger partial charge in [-0.3, -0.25) is 9.69 Å². The SMILES string of the molecule is CN1CCC(NC(=O)C2CCNCC2)C1c1ccccc1. The highest BCUT2D eigenvalue weighted by Gasteiger charge is 2.35. The molecule has 2 N–H and O–H groups in total. The van der Waals surface area contributed by atoms with Crippen molar-refractivity contribution in [3.63, 3.8) is 0 Å². The fourth-order valence-electron chi connectivity index (χ4n) is 3.62. The van der Waals surface area contributed by atoms with Gasteiger partial charge < -0.3 is 10.6 Å². The van der Waals surface area contributed by atoms with E-state index in [1.807, 2.05) is 6.07 Å². The van der Waals surface area contributed by atoms with Crippen molar-refractivity contribution in [1.29, 1.82) is 0 Å². The van der Waals surface area contributed by atoms with Crippen LogP contribution in [0.2, 0.25) is 0 Å². The zero-order chi connectivity index (χ0) is 14.7. The van der Waals surface area contributed by atoms with Crippen LogP contribution in [0.3, 0.4) is 0 Å². The van der Waals surface area contributed by atoms with Crippen molar-refractivity contribution in [1.82, 2.24) is 15.5 Å². The van der Waals surface area contributed by atoms with Gasteiger partial charge in [0.2, 0.25) is 5.91 Å². The molecule has 1 aromatic rings. The van der Waals surface area contributed by atoms with Crippen LogP contribution in [-0.2, 0) is 4.79 Å². The summed E-state index contributed by atoms with van der Waals surface area (Å²) in [4.78, 5) is 14.8. The molecule has 2 aliphatic rings. The molecule has 0 bridgehead atoms. The third kappa shape index (κ3) is 3.27. The highest BCUT2D eigenvalue weighted by atomic mass is 16.2. The molecule has 1 aromatic carbocycles. The van der Waals surface area contributed by atoms with Crippen molar-refractivity contribution in [3.05, 3.63) is 35.9 Å². The first-order chi connectivity index (χ1) is 10.3. The van der Waals surface area contributed by atoms with Crippen molar-refractivity contribution in [2.24, 2.45) is 5.92 Å². The van der Waals surface area contributed by atoms with Crippen LogP contribution in [0.5, 0.6) is 0 Å². The number of piperidine rings is 1. The maximum atomic E-state index is 12.5. The molecule has 0 aromatic heterocycles. The number of carbonyl (C=O) groups is 1. The lowest BCUT2D eigenvalue weighted by molar-refractivity contribution is -0.126. The Labute approximate surface area is 126 Å². The van der Waals surface area contributed by atoms with Gasteiger partial charge in [0.25, 0.3) is 0 Å². The van der Waals surface area contributed by atoms with Crippen molar-refractivity contribution >= 4 is 5.91 Å². The van der Waals surface area contributed by atoms with Gasteiger partial charge >= 0.3 is 0 Å². The monoisotopic (exact) mass is 287 g/mol. The molecule has 0 aliphatic carbocycles. The van der Waals surface area contributed by atoms with Gasteiger partial charge in [0.05, 0.1) is 6.04 Å². The van der Waals surface area contributed by atoms with E-state index in [-0.39, 0.29) is 17.9 Å². The van der Waals surface area contributed by atoms with Crippen LogP contribution in [0.4, 0.5) is 0 Å². The van der Waals surface area contributed by atoms with E-state index in [4.69, 9.17) is 0 Å². The van der Waals surface area contributed by atoms with E-state index in [1.54, 1.807) is 0 Å². The fraction of sp³-hybridized carbons (Fsp3) is 0.588. The topological polar surface area (TPSA) is 44.4 Å². The Balaban J connectivity index is 1.67. The Bertz CT molecular complexity index is 470. The van der Waals surface area contributed by atoms with Crippen LogP contribution >= 0.6 is 0 Å². The number of nitrogens with one attached hydrogen (secondary N) is 2. The largest absolute Gasteiger partial charge is 0.351 e. The third-order valence-electron chi connectivity index (χ3n) is 4.83. The summed E-state index contributed by atoms with van der Waals surface area (Å²) < 4.78 is 0. The molecule has 4 heteroatoms. The lowest BCUT2D eigenvalue weighted by Crippen LogP contribution is -2.44. The van der Waals surface area contributed by atoms with Crippen molar-refractivity contribution in [3.8, 4) is 0 Å². The Morgan fingerprint density at radius 3 is 2.62 bits per heavy atom. The molecule has 2 saturated heterocycles. The van der Waals surface area contributed by atoms with Gasteiger partial charge in [-0.05, 0) is 45.0 Å². The van der Waals surface area contributed by atoms with E-state index in [1.165, 1.54) is 5.56 Å². The summed E-state index contributed by atoms with van der Waals surface area (Å²) in [6, 6.07) is 11.1. The minimum absolute atomic E-state index is 0.188. The number of hydrogen-bond donors (Lipinski definition) is 2. The molecule has 21 heavy (non-hydrogen) atoms. The van der Waals surface area contributed by atoms with Crippen molar-refractivity contribution in [2.45, 2.75) is 31.3 Å². The Morgan fingerprint density at radius 1 is 1.19 bits per heavy atom. The smallest absolute Gasteiger partial charge is 0.223 e. The standard InChI is InChI=1S/C17H25N3O/c1-20-12-9-15(16(20)13-5-3-2-4-6-13)19-17(21)14-7-10-18-11-8-14/h2-6,14-16,18H,7-12H2,1H3,(H,19,21). The number of benzene rings is 1. The molecule has 114 valence electrons. The predicted octanol–water partition coefficient (Wildman–Crippen LogP) is 1.55. The molecule has 0 spiro atoms. The van der Waals surface area contributed by atoms with E-state index in [0.717, 1.165) is 38.9 Å². The second-order valence-electron chi connectivity index (χ2n) is 6.26. The molecule has 0 radical (unpaired) electrons. The normalized spacial score (nSPS) is 27.7. The molecule has 3 rings (SSSR count). The van der Waals surface area contributed by atoms with Crippen LogP contribution in [0, 0.1) is 5.92 Å². The first-order valence-electron chi connectivity index (χ1n) is 8.02. The molecule has 0 saturated carbocycles. The first kappa shape index (κ1) is 14.5. The highest BCUT2D eigenvalue weighted by molar-refractivity contribution is 5.79. The van der Waals surface area contributed by atoms with Crippen molar-refractivity contribution < 1.29 is 4.79 Å². The number of rotatable bonds is 3. The van der Waals surface area contributed by atoms with E-state index in [2.05, 4.69) is 46.8 Å². The maximum Gasteiger partial charge on any atom is 0.223 e. The van der Waals surface area contributed by atoms with E-state index < -0.39 is 0 Å². The number of nitrogens with zero attached hydrogens (tertiary/aromatic N) is 1. The van der Waals surface area contributed by atoms with E-state index >= 15 is 0 Å². The van der Waals surface area contributed by atoms with Gasteiger partial charge in [-0.1, -0.05) is 30.3 Å². The lowest BCUT2D eigenvalue weighted by Gasteiger charge is -2.29. The van der Waals surface area contributed by atoms with Crippen LogP contribution in [-0.4, -0.2) is 43.5 Å². The van der Waals surface area contributed by atoms with Gasteiger partial charge in [0.15, 0.2) is 0 Å². The maximum absolute atomic E-state index is 12.5. The van der Waals surface area contributed by atoms with Gasteiger partial charge in [-0.25, -0.2) is 0 Å². The van der Waals surface area contributed by atoms with Crippen LogP contribution in [0.15, 0.2) is 30.3 Å². The summed E-state index contributed by atoms with van der Waals surface area (Å²) in [5.41, 5.74) is 1.30. The Hall–Kier alpha value is -1.39. The number of likely N-dealkylation sites (N-methyl/N-ethyl adjacent to an activating group) is 1. The summed E-state index contributed by atoms with van der Waals surface area (Å²) in [6.07, 6.45) is 2.96. The second kappa shape index (κ2) is 6.58. The molecule has 1 amide bonds. The number of carbonyl (C=O) groups excluding carboxylic acids is 1. The highest BCUT2D eigenvalue weighted by Crippen LogP contribution is 2.31. The summed E-state index contributed by atoms with van der Waals surface area (Å²) >= 11 is 0. The average Bonchev–Trinajstić information content (AvgIpc) is 2.89. The molecule has 2 aliphatic heterocycles. The summed E-state index contributed by atoms with van der Waals surface area (Å²) in [7, 11) is 2.15.